The summed E-state index contributed by atoms with van der Waals surface area (Å²) >= 11 is 0. The molecule has 0 spiro atoms. The summed E-state index contributed by atoms with van der Waals surface area (Å²) in [6.07, 6.45) is 1.80. The highest BCUT2D eigenvalue weighted by atomic mass is 16.5. The molecule has 1 aliphatic rings. The van der Waals surface area contributed by atoms with Crippen LogP contribution in [0.25, 0.3) is 0 Å². The lowest BCUT2D eigenvalue weighted by Crippen LogP contribution is -2.45. The first-order valence-electron chi connectivity index (χ1n) is 7.25. The number of amides is 1. The number of nitrogens with one attached hydrogen (secondary N) is 2. The summed E-state index contributed by atoms with van der Waals surface area (Å²) in [7, 11) is 0. The van der Waals surface area contributed by atoms with E-state index in [1.54, 1.807) is 6.92 Å². The molecule has 112 valence electrons. The van der Waals surface area contributed by atoms with Crippen molar-refractivity contribution >= 4 is 5.91 Å². The van der Waals surface area contributed by atoms with Crippen LogP contribution in [0.3, 0.4) is 0 Å². The molecule has 5 heteroatoms. The Balaban J connectivity index is 2.18. The highest BCUT2D eigenvalue weighted by molar-refractivity contribution is 5.80. The molecular weight excluding hydrogens is 244 g/mol. The highest BCUT2D eigenvalue weighted by Crippen LogP contribution is 2.26. The number of piperidine rings is 1. The van der Waals surface area contributed by atoms with Crippen molar-refractivity contribution < 1.29 is 14.3 Å². The van der Waals surface area contributed by atoms with Crippen LogP contribution in [0.5, 0.6) is 0 Å². The fourth-order valence-corrected chi connectivity index (χ4v) is 2.16. The molecule has 1 aliphatic heterocycles. The third-order valence-electron chi connectivity index (χ3n) is 3.67. The van der Waals surface area contributed by atoms with Gasteiger partial charge in [0.2, 0.25) is 5.91 Å². The standard InChI is InChI=1S/C14H28N2O3/c1-4-18-9-10-19-12(2)13(17)16-11-14(3)5-7-15-8-6-14/h12,15H,4-11H2,1-3H3,(H,16,17). The summed E-state index contributed by atoms with van der Waals surface area (Å²) < 4.78 is 10.6. The number of ether oxygens (including phenoxy) is 2. The summed E-state index contributed by atoms with van der Waals surface area (Å²) in [5.41, 5.74) is 0.214. The van der Waals surface area contributed by atoms with Crippen LogP contribution in [0.4, 0.5) is 0 Å². The third kappa shape index (κ3) is 6.36. The van der Waals surface area contributed by atoms with Crippen LogP contribution in [-0.2, 0) is 14.3 Å². The van der Waals surface area contributed by atoms with Crippen molar-refractivity contribution in [3.05, 3.63) is 0 Å². The summed E-state index contributed by atoms with van der Waals surface area (Å²) in [5, 5.41) is 6.34. The molecule has 1 amide bonds. The van der Waals surface area contributed by atoms with E-state index in [4.69, 9.17) is 9.47 Å². The fraction of sp³-hybridized carbons (Fsp3) is 0.929. The zero-order chi connectivity index (χ0) is 14.1. The first-order chi connectivity index (χ1) is 9.07. The molecule has 1 rings (SSSR count). The average molecular weight is 272 g/mol. The minimum Gasteiger partial charge on any atom is -0.379 e. The van der Waals surface area contributed by atoms with Gasteiger partial charge in [0.15, 0.2) is 0 Å². The molecule has 0 aromatic rings. The molecule has 0 aliphatic carbocycles. The van der Waals surface area contributed by atoms with Crippen LogP contribution >= 0.6 is 0 Å². The molecule has 5 nitrogen and oxygen atoms in total. The molecule has 19 heavy (non-hydrogen) atoms. The minimum absolute atomic E-state index is 0.0312. The van der Waals surface area contributed by atoms with Crippen molar-refractivity contribution in [2.75, 3.05) is 39.5 Å². The second-order valence-corrected chi connectivity index (χ2v) is 5.49. The first kappa shape index (κ1) is 16.4. The van der Waals surface area contributed by atoms with Gasteiger partial charge in [-0.15, -0.1) is 0 Å². The van der Waals surface area contributed by atoms with E-state index in [1.165, 1.54) is 0 Å². The Morgan fingerprint density at radius 2 is 2.05 bits per heavy atom. The van der Waals surface area contributed by atoms with E-state index in [2.05, 4.69) is 17.6 Å². The lowest BCUT2D eigenvalue weighted by atomic mass is 9.81. The van der Waals surface area contributed by atoms with Crippen LogP contribution in [0.1, 0.15) is 33.6 Å². The molecular formula is C14H28N2O3. The van der Waals surface area contributed by atoms with E-state index in [9.17, 15) is 4.79 Å². The van der Waals surface area contributed by atoms with Crippen molar-refractivity contribution in [2.24, 2.45) is 5.41 Å². The number of carbonyl (C=O) groups excluding carboxylic acids is 1. The molecule has 1 atom stereocenters. The quantitative estimate of drug-likeness (QED) is 0.646. The Bertz CT molecular complexity index is 265. The van der Waals surface area contributed by atoms with Gasteiger partial charge in [-0.3, -0.25) is 4.79 Å². The first-order valence-corrected chi connectivity index (χ1v) is 7.25. The van der Waals surface area contributed by atoms with E-state index in [-0.39, 0.29) is 11.3 Å². The number of carbonyl (C=O) groups is 1. The van der Waals surface area contributed by atoms with Gasteiger partial charge < -0.3 is 20.1 Å². The summed E-state index contributed by atoms with van der Waals surface area (Å²) in [4.78, 5) is 11.9. The molecule has 0 aromatic carbocycles. The predicted molar refractivity (Wildman–Crippen MR) is 75.1 cm³/mol. The van der Waals surface area contributed by atoms with Crippen molar-refractivity contribution in [1.29, 1.82) is 0 Å². The minimum atomic E-state index is -0.411. The largest absolute Gasteiger partial charge is 0.379 e. The smallest absolute Gasteiger partial charge is 0.248 e. The maximum absolute atomic E-state index is 11.9. The molecule has 0 aromatic heterocycles. The van der Waals surface area contributed by atoms with Gasteiger partial charge in [0, 0.05) is 13.2 Å². The predicted octanol–water partition coefficient (Wildman–Crippen LogP) is 0.934. The fourth-order valence-electron chi connectivity index (χ4n) is 2.16. The van der Waals surface area contributed by atoms with Crippen molar-refractivity contribution in [2.45, 2.75) is 39.7 Å². The normalized spacial score (nSPS) is 19.9. The van der Waals surface area contributed by atoms with Gasteiger partial charge in [-0.05, 0) is 45.2 Å². The maximum Gasteiger partial charge on any atom is 0.248 e. The third-order valence-corrected chi connectivity index (χ3v) is 3.67. The highest BCUT2D eigenvalue weighted by Gasteiger charge is 2.27. The van der Waals surface area contributed by atoms with Crippen LogP contribution in [0.15, 0.2) is 0 Å². The van der Waals surface area contributed by atoms with Gasteiger partial charge in [-0.2, -0.15) is 0 Å². The Labute approximate surface area is 116 Å². The SMILES string of the molecule is CCOCCOC(C)C(=O)NCC1(C)CCNCC1. The zero-order valence-corrected chi connectivity index (χ0v) is 12.5. The number of hydrogen-bond acceptors (Lipinski definition) is 4. The molecule has 1 unspecified atom stereocenters. The van der Waals surface area contributed by atoms with E-state index < -0.39 is 6.10 Å². The van der Waals surface area contributed by atoms with E-state index >= 15 is 0 Å². The van der Waals surface area contributed by atoms with Gasteiger partial charge in [0.25, 0.3) is 0 Å². The lowest BCUT2D eigenvalue weighted by Gasteiger charge is -2.34. The summed E-state index contributed by atoms with van der Waals surface area (Å²) in [6, 6.07) is 0. The maximum atomic E-state index is 11.9. The van der Waals surface area contributed by atoms with E-state index in [1.807, 2.05) is 6.92 Å². The molecule has 0 radical (unpaired) electrons. The van der Waals surface area contributed by atoms with Gasteiger partial charge in [-0.25, -0.2) is 0 Å². The Kier molecular flexibility index (Phi) is 7.34. The van der Waals surface area contributed by atoms with Gasteiger partial charge in [-0.1, -0.05) is 6.92 Å². The van der Waals surface area contributed by atoms with Crippen molar-refractivity contribution in [3.8, 4) is 0 Å². The summed E-state index contributed by atoms with van der Waals surface area (Å²) in [6.45, 7) is 10.4. The lowest BCUT2D eigenvalue weighted by molar-refractivity contribution is -0.133. The molecule has 1 saturated heterocycles. The molecule has 0 bridgehead atoms. The molecule has 1 fully saturated rings. The Hall–Kier alpha value is -0.650. The average Bonchev–Trinajstić information content (AvgIpc) is 2.41. The topological polar surface area (TPSA) is 59.6 Å². The van der Waals surface area contributed by atoms with Gasteiger partial charge in [0.05, 0.1) is 13.2 Å². The van der Waals surface area contributed by atoms with Gasteiger partial charge >= 0.3 is 0 Å². The number of hydrogen-bond donors (Lipinski definition) is 2. The Morgan fingerprint density at radius 1 is 1.37 bits per heavy atom. The van der Waals surface area contributed by atoms with E-state index in [0.717, 1.165) is 32.5 Å². The second kappa shape index (κ2) is 8.51. The molecule has 1 heterocycles. The Morgan fingerprint density at radius 3 is 2.68 bits per heavy atom. The van der Waals surface area contributed by atoms with Crippen molar-refractivity contribution in [3.63, 3.8) is 0 Å². The molecule has 0 saturated carbocycles. The van der Waals surface area contributed by atoms with Crippen LogP contribution in [0.2, 0.25) is 0 Å². The number of rotatable bonds is 8. The molecule has 2 N–H and O–H groups in total. The van der Waals surface area contributed by atoms with Crippen LogP contribution in [-0.4, -0.2) is 51.5 Å². The van der Waals surface area contributed by atoms with Crippen LogP contribution < -0.4 is 10.6 Å². The van der Waals surface area contributed by atoms with Crippen LogP contribution in [0, 0.1) is 5.41 Å². The zero-order valence-electron chi connectivity index (χ0n) is 12.5. The monoisotopic (exact) mass is 272 g/mol. The second-order valence-electron chi connectivity index (χ2n) is 5.49. The van der Waals surface area contributed by atoms with Gasteiger partial charge in [0.1, 0.15) is 6.10 Å². The van der Waals surface area contributed by atoms with E-state index in [0.29, 0.717) is 19.8 Å². The van der Waals surface area contributed by atoms with Crippen molar-refractivity contribution in [1.82, 2.24) is 10.6 Å². The summed E-state index contributed by atoms with van der Waals surface area (Å²) in [5.74, 6) is -0.0312.